The number of aromatic nitrogens is 3. The topological polar surface area (TPSA) is 51.8 Å². The van der Waals surface area contributed by atoms with Gasteiger partial charge in [-0.1, -0.05) is 152 Å². The molecule has 276 valence electrons. The van der Waals surface area contributed by atoms with Gasteiger partial charge < -0.3 is 4.42 Å². The highest BCUT2D eigenvalue weighted by molar-refractivity contribution is 6.13. The summed E-state index contributed by atoms with van der Waals surface area (Å²) in [6, 6.07) is 49.4. The summed E-state index contributed by atoms with van der Waals surface area (Å²) in [5.74, 6) is 2.17. The van der Waals surface area contributed by atoms with Gasteiger partial charge in [-0.25, -0.2) is 15.0 Å². The summed E-state index contributed by atoms with van der Waals surface area (Å²) < 4.78 is 6.69. The molecule has 0 saturated heterocycles. The van der Waals surface area contributed by atoms with Crippen LogP contribution < -0.4 is 10.4 Å². The van der Waals surface area contributed by atoms with Crippen LogP contribution in [-0.2, 0) is 6.42 Å². The summed E-state index contributed by atoms with van der Waals surface area (Å²) in [7, 11) is 0. The second-order valence-electron chi connectivity index (χ2n) is 15.4. The van der Waals surface area contributed by atoms with E-state index in [1.54, 1.807) is 0 Å². The Morgan fingerprint density at radius 2 is 1.34 bits per heavy atom. The summed E-state index contributed by atoms with van der Waals surface area (Å²) in [4.78, 5) is 16.5. The molecule has 4 heteroatoms. The van der Waals surface area contributed by atoms with E-state index in [4.69, 9.17) is 19.4 Å². The highest BCUT2D eigenvalue weighted by Crippen LogP contribution is 2.42. The van der Waals surface area contributed by atoms with Crippen LogP contribution in [0.15, 0.2) is 174 Å². The van der Waals surface area contributed by atoms with Crippen LogP contribution in [-0.4, -0.2) is 15.0 Å². The van der Waals surface area contributed by atoms with Crippen molar-refractivity contribution in [3.05, 3.63) is 203 Å². The predicted octanol–water partition coefficient (Wildman–Crippen LogP) is 11.8. The van der Waals surface area contributed by atoms with Gasteiger partial charge >= 0.3 is 0 Å². The number of para-hydroxylation sites is 1. The lowest BCUT2D eigenvalue weighted by Crippen LogP contribution is -2.35. The van der Waals surface area contributed by atoms with Crippen LogP contribution in [0.25, 0.3) is 83.8 Å². The van der Waals surface area contributed by atoms with Gasteiger partial charge in [-0.3, -0.25) is 0 Å². The summed E-state index contributed by atoms with van der Waals surface area (Å²) >= 11 is 0. The third-order valence-electron chi connectivity index (χ3n) is 11.9. The molecule has 0 fully saturated rings. The van der Waals surface area contributed by atoms with Crippen LogP contribution in [0.2, 0.25) is 0 Å². The minimum absolute atomic E-state index is 0.225. The third-order valence-corrected chi connectivity index (χ3v) is 11.9. The average molecular weight is 746 g/mol. The molecular formula is C54H39N3O. The average Bonchev–Trinajstić information content (AvgIpc) is 3.66. The van der Waals surface area contributed by atoms with E-state index >= 15 is 0 Å². The number of rotatable bonds is 4. The van der Waals surface area contributed by atoms with E-state index in [1.807, 2.05) is 12.1 Å². The Morgan fingerprint density at radius 1 is 0.586 bits per heavy atom. The number of allylic oxidation sites excluding steroid dienone is 5. The molecular weight excluding hydrogens is 707 g/mol. The lowest BCUT2D eigenvalue weighted by Gasteiger charge is -2.23. The van der Waals surface area contributed by atoms with Crippen LogP contribution in [0.4, 0.5) is 0 Å². The van der Waals surface area contributed by atoms with Crippen molar-refractivity contribution in [3.63, 3.8) is 0 Å². The lowest BCUT2D eigenvalue weighted by molar-refractivity contribution is 0.669. The van der Waals surface area contributed by atoms with Gasteiger partial charge in [0.15, 0.2) is 17.5 Å². The molecule has 2 aromatic heterocycles. The smallest absolute Gasteiger partial charge is 0.164 e. The molecule has 1 atom stereocenters. The summed E-state index contributed by atoms with van der Waals surface area (Å²) in [5.41, 5.74) is 12.0. The first-order chi connectivity index (χ1) is 28.7. The maximum absolute atomic E-state index is 6.69. The van der Waals surface area contributed by atoms with Crippen LogP contribution >= 0.6 is 0 Å². The third kappa shape index (κ3) is 5.88. The molecule has 0 N–H and O–H groups in total. The maximum Gasteiger partial charge on any atom is 0.164 e. The van der Waals surface area contributed by atoms with E-state index < -0.39 is 0 Å². The maximum atomic E-state index is 6.69. The molecule has 0 aliphatic heterocycles. The molecule has 0 spiro atoms. The molecule has 0 amide bonds. The van der Waals surface area contributed by atoms with E-state index in [-0.39, 0.29) is 5.92 Å². The van der Waals surface area contributed by atoms with Crippen molar-refractivity contribution in [2.75, 3.05) is 0 Å². The Morgan fingerprint density at radius 3 is 2.26 bits per heavy atom. The van der Waals surface area contributed by atoms with Gasteiger partial charge in [-0.2, -0.15) is 0 Å². The van der Waals surface area contributed by atoms with Gasteiger partial charge in [0, 0.05) is 33.4 Å². The van der Waals surface area contributed by atoms with E-state index in [1.165, 1.54) is 32.7 Å². The molecule has 2 heterocycles. The van der Waals surface area contributed by atoms with Gasteiger partial charge in [0.2, 0.25) is 0 Å². The highest BCUT2D eigenvalue weighted by Gasteiger charge is 2.26. The second-order valence-corrected chi connectivity index (χ2v) is 15.4. The van der Waals surface area contributed by atoms with Crippen molar-refractivity contribution in [2.45, 2.75) is 26.2 Å². The Labute approximate surface area is 336 Å². The number of hydrogen-bond donors (Lipinski definition) is 0. The van der Waals surface area contributed by atoms with Gasteiger partial charge in [0.05, 0.1) is 0 Å². The van der Waals surface area contributed by atoms with Crippen LogP contribution in [0, 0.1) is 12.8 Å². The molecule has 0 radical (unpaired) electrons. The molecule has 3 aliphatic rings. The summed E-state index contributed by atoms with van der Waals surface area (Å²) in [6.07, 6.45) is 16.2. The Hall–Kier alpha value is -7.17. The fourth-order valence-corrected chi connectivity index (χ4v) is 9.10. The first-order valence-corrected chi connectivity index (χ1v) is 20.2. The first kappa shape index (κ1) is 34.1. The van der Waals surface area contributed by atoms with Crippen molar-refractivity contribution >= 4 is 49.9 Å². The number of benzene rings is 5. The zero-order valence-electron chi connectivity index (χ0n) is 32.2. The second kappa shape index (κ2) is 14.1. The molecule has 4 nitrogen and oxygen atoms in total. The number of aryl methyl sites for hydroxylation is 1. The fourth-order valence-electron chi connectivity index (χ4n) is 9.10. The Bertz CT molecular complexity index is 3290. The zero-order chi connectivity index (χ0) is 38.6. The van der Waals surface area contributed by atoms with Crippen molar-refractivity contribution in [1.29, 1.82) is 0 Å². The molecule has 1 unspecified atom stereocenters. The summed E-state index contributed by atoms with van der Waals surface area (Å²) in [6.45, 7) is 2.14. The van der Waals surface area contributed by atoms with Crippen molar-refractivity contribution < 1.29 is 4.42 Å². The zero-order valence-corrected chi connectivity index (χ0v) is 32.2. The van der Waals surface area contributed by atoms with Crippen LogP contribution in [0.5, 0.6) is 0 Å². The lowest BCUT2D eigenvalue weighted by atomic mass is 9.82. The first-order valence-electron chi connectivity index (χ1n) is 20.2. The van der Waals surface area contributed by atoms with Crippen molar-refractivity contribution in [2.24, 2.45) is 5.92 Å². The number of hydrogen-bond acceptors (Lipinski definition) is 4. The number of fused-ring (bicyclic) bond motifs is 7. The molecule has 3 aliphatic carbocycles. The van der Waals surface area contributed by atoms with Gasteiger partial charge in [-0.15, -0.1) is 0 Å². The number of nitrogens with zero attached hydrogens (tertiary/aromatic N) is 3. The Balaban J connectivity index is 1.26. The van der Waals surface area contributed by atoms with Crippen molar-refractivity contribution in [3.8, 4) is 33.9 Å². The molecule has 0 saturated carbocycles. The van der Waals surface area contributed by atoms with Gasteiger partial charge in [0.25, 0.3) is 0 Å². The van der Waals surface area contributed by atoms with E-state index in [0.29, 0.717) is 17.5 Å². The standard InChI is InChI=1S/C54H39N3O/c1-34-16-3-2-4-17-35-18-5-6-20-37(35)30-46(34)52-55-53(47-31-38-21-8-10-24-41(38)43-25-11-12-26-44(43)47)57-54(56-52)48-32-39(42-28-15-22-36-19-7-9-23-40(36)42)33-50-51(48)45-27-13-14-29-49(45)58-50/h2-8,10-22,24-30,32-33,38H,9,23,31H2,1H3. The van der Waals surface area contributed by atoms with E-state index in [0.717, 1.165) is 79.8 Å². The van der Waals surface area contributed by atoms with Gasteiger partial charge in [0.1, 0.15) is 11.2 Å². The number of furan rings is 1. The summed E-state index contributed by atoms with van der Waals surface area (Å²) in [5, 5.41) is 6.66. The minimum Gasteiger partial charge on any atom is -0.456 e. The molecule has 6 aromatic carbocycles. The van der Waals surface area contributed by atoms with Gasteiger partial charge in [-0.05, 0) is 105 Å². The quantitative estimate of drug-likeness (QED) is 0.180. The molecule has 11 rings (SSSR count). The fraction of sp³-hybridized carbons (Fsp3) is 0.0926. The normalized spacial score (nSPS) is 15.4. The SMILES string of the molecule is Cc1cccccc2ccccc2cc1-c1nc(C2=c3ccccc3=C3C=CC=CC3C2)nc(-c2cc(-c3cccc4c3CCC=C4)cc3oc4ccccc4c23)n1. The molecule has 0 bridgehead atoms. The van der Waals surface area contributed by atoms with E-state index in [9.17, 15) is 0 Å². The van der Waals surface area contributed by atoms with E-state index in [2.05, 4.69) is 171 Å². The Kier molecular flexibility index (Phi) is 8.29. The highest BCUT2D eigenvalue weighted by atomic mass is 16.3. The minimum atomic E-state index is 0.225. The molecule has 58 heavy (non-hydrogen) atoms. The molecule has 8 aromatic rings. The monoisotopic (exact) mass is 745 g/mol. The van der Waals surface area contributed by atoms with Crippen LogP contribution in [0.1, 0.15) is 35.4 Å². The van der Waals surface area contributed by atoms with Crippen molar-refractivity contribution in [1.82, 2.24) is 15.0 Å². The van der Waals surface area contributed by atoms with Crippen LogP contribution in [0.3, 0.4) is 0 Å². The predicted molar refractivity (Wildman–Crippen MR) is 239 cm³/mol. The largest absolute Gasteiger partial charge is 0.456 e.